The largest absolute Gasteiger partial charge is 0.292 e. The van der Waals surface area contributed by atoms with E-state index in [1.165, 1.54) is 7.05 Å². The molecule has 4 heteroatoms. The molecule has 0 rings (SSSR count). The smallest absolute Gasteiger partial charge is 0.242 e. The van der Waals surface area contributed by atoms with E-state index in [4.69, 9.17) is 5.21 Å². The van der Waals surface area contributed by atoms with Crippen LogP contribution in [0.1, 0.15) is 13.8 Å². The van der Waals surface area contributed by atoms with Crippen molar-refractivity contribution in [3.63, 3.8) is 0 Å². The molecule has 1 N–H and O–H groups in total. The van der Waals surface area contributed by atoms with Gasteiger partial charge in [-0.25, -0.2) is 8.78 Å². The van der Waals surface area contributed by atoms with Gasteiger partial charge in [-0.1, -0.05) is 0 Å². The topological polar surface area (TPSA) is 23.2 Å². The highest BCUT2D eigenvalue weighted by Gasteiger charge is 2.08. The van der Waals surface area contributed by atoms with Gasteiger partial charge in [0.1, 0.15) is 0 Å². The first-order valence-corrected chi connectivity index (χ1v) is 2.34. The fourth-order valence-corrected chi connectivity index (χ4v) is 0. The van der Waals surface area contributed by atoms with Crippen molar-refractivity contribution in [1.82, 2.24) is 0 Å². The molecular formula is C5H12F2NO+. The lowest BCUT2D eigenvalue weighted by Crippen LogP contribution is -1.98. The van der Waals surface area contributed by atoms with E-state index in [0.717, 1.165) is 18.6 Å². The van der Waals surface area contributed by atoms with Crippen LogP contribution in [0.25, 0.3) is 0 Å². The summed E-state index contributed by atoms with van der Waals surface area (Å²) in [6.07, 6.45) is 0. The van der Waals surface area contributed by atoms with Crippen LogP contribution in [0.3, 0.4) is 0 Å². The molecule has 9 heavy (non-hydrogen) atoms. The minimum Gasteiger partial charge on any atom is -0.292 e. The monoisotopic (exact) mass is 140 g/mol. The summed E-state index contributed by atoms with van der Waals surface area (Å²) in [5, 5.41) is 7.78. The summed E-state index contributed by atoms with van der Waals surface area (Å²) < 4.78 is 22.8. The van der Waals surface area contributed by atoms with Crippen LogP contribution < -0.4 is 0 Å². The van der Waals surface area contributed by atoms with Crippen molar-refractivity contribution >= 4 is 6.72 Å². The Bertz CT molecular complexity index is 77.4. The van der Waals surface area contributed by atoms with Crippen molar-refractivity contribution in [2.75, 3.05) is 7.05 Å². The van der Waals surface area contributed by atoms with Crippen molar-refractivity contribution < 1.29 is 18.7 Å². The van der Waals surface area contributed by atoms with E-state index in [2.05, 4.69) is 6.72 Å². The molecule has 56 valence electrons. The van der Waals surface area contributed by atoms with Gasteiger partial charge in [0, 0.05) is 0 Å². The Morgan fingerprint density at radius 1 is 1.44 bits per heavy atom. The summed E-state index contributed by atoms with van der Waals surface area (Å²) >= 11 is 0. The molecule has 0 aromatic carbocycles. The maximum atomic E-state index is 11.0. The molecule has 0 saturated heterocycles. The Kier molecular flexibility index (Phi) is 5.25. The number of nitrogens with zero attached hydrogens (tertiary/aromatic N) is 1. The first-order valence-electron chi connectivity index (χ1n) is 2.34. The fourth-order valence-electron chi connectivity index (χ4n) is 0. The molecule has 0 aliphatic carbocycles. The summed E-state index contributed by atoms with van der Waals surface area (Å²) in [4.78, 5) is 0. The highest BCUT2D eigenvalue weighted by atomic mass is 19.3. The average molecular weight is 140 g/mol. The van der Waals surface area contributed by atoms with Crippen LogP contribution in [0.5, 0.6) is 0 Å². The van der Waals surface area contributed by atoms with E-state index in [0.29, 0.717) is 0 Å². The van der Waals surface area contributed by atoms with Gasteiger partial charge in [-0.2, -0.15) is 0 Å². The molecule has 0 atom stereocenters. The molecule has 0 heterocycles. The third-order valence-corrected chi connectivity index (χ3v) is 0. The minimum absolute atomic E-state index is 0.750. The number of hydroxylamine groups is 1. The van der Waals surface area contributed by atoms with Crippen molar-refractivity contribution in [1.29, 1.82) is 0 Å². The zero-order chi connectivity index (χ0) is 8.08. The van der Waals surface area contributed by atoms with Crippen LogP contribution in [-0.2, 0) is 0 Å². The number of rotatable bonds is 0. The van der Waals surface area contributed by atoms with E-state index in [1.54, 1.807) is 0 Å². The Balaban J connectivity index is 0. The van der Waals surface area contributed by atoms with Gasteiger partial charge in [-0.3, -0.25) is 5.21 Å². The molecule has 0 bridgehead atoms. The quantitative estimate of drug-likeness (QED) is 0.233. The summed E-state index contributed by atoms with van der Waals surface area (Å²) in [5.41, 5.74) is 0. The van der Waals surface area contributed by atoms with Gasteiger partial charge in [-0.15, -0.1) is 0 Å². The number of halogens is 2. The molecule has 2 nitrogen and oxygen atoms in total. The summed E-state index contributed by atoms with van der Waals surface area (Å²) in [6, 6.07) is 0. The number of hydrogen-bond acceptors (Lipinski definition) is 1. The van der Waals surface area contributed by atoms with Crippen molar-refractivity contribution in [2.24, 2.45) is 0 Å². The van der Waals surface area contributed by atoms with Crippen LogP contribution in [0, 0.1) is 0 Å². The Hall–Kier alpha value is -0.670. The summed E-state index contributed by atoms with van der Waals surface area (Å²) in [5.74, 6) is -2.50. The molecule has 0 aliphatic heterocycles. The zero-order valence-corrected chi connectivity index (χ0v) is 5.86. The molecule has 0 amide bonds. The third-order valence-electron chi connectivity index (χ3n) is 0. The standard InChI is InChI=1S/C3H6F2.C2H6NO/c1-3(2,4)5;1-3(2)4/h1-2H3;4H,1H2,2H3/q;+1. The van der Waals surface area contributed by atoms with Crippen LogP contribution in [0.15, 0.2) is 0 Å². The van der Waals surface area contributed by atoms with Crippen LogP contribution >= 0.6 is 0 Å². The SMILES string of the molecule is C=[N+](C)O.CC(C)(F)F. The predicted molar refractivity (Wildman–Crippen MR) is 31.4 cm³/mol. The highest BCUT2D eigenvalue weighted by Crippen LogP contribution is 2.06. The highest BCUT2D eigenvalue weighted by molar-refractivity contribution is 5.13. The van der Waals surface area contributed by atoms with Gasteiger partial charge < -0.3 is 0 Å². The molecule has 0 radical (unpaired) electrons. The lowest BCUT2D eigenvalue weighted by Gasteiger charge is -1.94. The first-order chi connectivity index (χ1) is 3.73. The van der Waals surface area contributed by atoms with E-state index < -0.39 is 5.92 Å². The molecule has 0 aromatic rings. The lowest BCUT2D eigenvalue weighted by molar-refractivity contribution is -0.748. The van der Waals surface area contributed by atoms with Crippen LogP contribution in [0.2, 0.25) is 0 Å². The third kappa shape index (κ3) is 464. The van der Waals surface area contributed by atoms with E-state index >= 15 is 0 Å². The van der Waals surface area contributed by atoms with Crippen molar-refractivity contribution in [3.05, 3.63) is 0 Å². The Morgan fingerprint density at radius 2 is 1.44 bits per heavy atom. The lowest BCUT2D eigenvalue weighted by atomic mass is 10.5. The molecule has 0 saturated carbocycles. The first kappa shape index (κ1) is 11.2. The van der Waals surface area contributed by atoms with Gasteiger partial charge in [0.2, 0.25) is 5.92 Å². The molecule has 0 aromatic heterocycles. The van der Waals surface area contributed by atoms with E-state index in [9.17, 15) is 8.78 Å². The Morgan fingerprint density at radius 3 is 1.44 bits per heavy atom. The fraction of sp³-hybridized carbons (Fsp3) is 0.800. The summed E-state index contributed by atoms with van der Waals surface area (Å²) in [7, 11) is 1.44. The second-order valence-electron chi connectivity index (χ2n) is 1.99. The molecular weight excluding hydrogens is 128 g/mol. The average Bonchev–Trinajstić information content (AvgIpc) is 1.19. The molecule has 0 aliphatic rings. The number of alkyl halides is 2. The zero-order valence-electron chi connectivity index (χ0n) is 5.86. The summed E-state index contributed by atoms with van der Waals surface area (Å²) in [6.45, 7) is 4.74. The van der Waals surface area contributed by atoms with E-state index in [-0.39, 0.29) is 0 Å². The van der Waals surface area contributed by atoms with Gasteiger partial charge in [0.05, 0.1) is 0 Å². The molecule has 0 spiro atoms. The maximum absolute atomic E-state index is 11.0. The van der Waals surface area contributed by atoms with E-state index in [1.807, 2.05) is 0 Å². The van der Waals surface area contributed by atoms with Gasteiger partial charge in [0.25, 0.3) is 0 Å². The predicted octanol–water partition coefficient (Wildman–Crippen LogP) is 1.38. The molecule has 0 fully saturated rings. The Labute approximate surface area is 53.4 Å². The van der Waals surface area contributed by atoms with Gasteiger partial charge in [-0.05, 0) is 18.6 Å². The molecule has 0 unspecified atom stereocenters. The minimum atomic E-state index is -2.50. The van der Waals surface area contributed by atoms with Crippen molar-refractivity contribution in [2.45, 2.75) is 19.8 Å². The second-order valence-corrected chi connectivity index (χ2v) is 1.99. The van der Waals surface area contributed by atoms with Gasteiger partial charge >= 0.3 is 0 Å². The van der Waals surface area contributed by atoms with Crippen molar-refractivity contribution in [3.8, 4) is 0 Å². The maximum Gasteiger partial charge on any atom is 0.242 e. The van der Waals surface area contributed by atoms with Gasteiger partial charge in [0.15, 0.2) is 13.8 Å². The van der Waals surface area contributed by atoms with Crippen LogP contribution in [0.4, 0.5) is 8.78 Å². The normalized spacial score (nSPS) is 9.44. The second kappa shape index (κ2) is 4.23. The van der Waals surface area contributed by atoms with Crippen LogP contribution in [-0.4, -0.2) is 29.6 Å². The number of hydrogen-bond donors (Lipinski definition) is 1.